The van der Waals surface area contributed by atoms with Gasteiger partial charge in [-0.15, -0.1) is 11.3 Å². The van der Waals surface area contributed by atoms with E-state index in [0.717, 1.165) is 31.5 Å². The number of aryl methyl sites for hydroxylation is 1. The topological polar surface area (TPSA) is 39.6 Å². The van der Waals surface area contributed by atoms with Crippen molar-refractivity contribution in [2.75, 3.05) is 32.7 Å². The van der Waals surface area contributed by atoms with Crippen LogP contribution in [0, 0.1) is 0 Å². The van der Waals surface area contributed by atoms with Crippen molar-refractivity contribution in [1.82, 2.24) is 14.8 Å². The average Bonchev–Trinajstić information content (AvgIpc) is 2.85. The highest BCUT2D eigenvalue weighted by Crippen LogP contribution is 2.38. The molecule has 0 spiro atoms. The quantitative estimate of drug-likeness (QED) is 0.828. The molecule has 2 bridgehead atoms. The van der Waals surface area contributed by atoms with Crippen LogP contribution in [0.5, 0.6) is 0 Å². The van der Waals surface area contributed by atoms with E-state index >= 15 is 0 Å². The number of thiazole rings is 1. The van der Waals surface area contributed by atoms with Crippen molar-refractivity contribution < 1.29 is 5.11 Å². The van der Waals surface area contributed by atoms with E-state index in [4.69, 9.17) is 4.98 Å². The van der Waals surface area contributed by atoms with Gasteiger partial charge >= 0.3 is 0 Å². The van der Waals surface area contributed by atoms with Gasteiger partial charge < -0.3 is 5.11 Å². The second-order valence-electron chi connectivity index (χ2n) is 5.62. The molecule has 2 unspecified atom stereocenters. The molecule has 0 amide bonds. The monoisotopic (exact) mass is 265 g/mol. The molecule has 3 saturated heterocycles. The molecule has 4 heterocycles. The van der Waals surface area contributed by atoms with Gasteiger partial charge in [0, 0.05) is 37.6 Å². The molecular weight excluding hydrogens is 246 g/mol. The van der Waals surface area contributed by atoms with E-state index in [9.17, 15) is 5.11 Å². The summed E-state index contributed by atoms with van der Waals surface area (Å²) in [5, 5.41) is 11.3. The van der Waals surface area contributed by atoms with Gasteiger partial charge in [0.05, 0.1) is 17.8 Å². The van der Waals surface area contributed by atoms with Crippen LogP contribution in [0.25, 0.3) is 0 Å². The fraction of sp³-hybridized carbons (Fsp3) is 0.769. The Hall–Kier alpha value is -0.490. The largest absolute Gasteiger partial charge is 0.387 e. The number of nitrogens with zero attached hydrogens (tertiary/aromatic N) is 3. The van der Waals surface area contributed by atoms with E-state index in [-0.39, 0.29) is 6.10 Å². The molecule has 0 aromatic carbocycles. The number of aromatic nitrogens is 1. The van der Waals surface area contributed by atoms with Gasteiger partial charge in [-0.1, -0.05) is 0 Å². The lowest BCUT2D eigenvalue weighted by molar-refractivity contribution is 0.0120. The Balaban J connectivity index is 1.65. The van der Waals surface area contributed by atoms with Gasteiger partial charge in [0.2, 0.25) is 0 Å². The highest BCUT2D eigenvalue weighted by atomic mass is 32.1. The number of rotatable bonds is 1. The molecule has 1 N–H and O–H groups in total. The van der Waals surface area contributed by atoms with Crippen LogP contribution in [0.3, 0.4) is 0 Å². The van der Waals surface area contributed by atoms with Crippen LogP contribution in [0.2, 0.25) is 0 Å². The molecule has 3 aliphatic heterocycles. The van der Waals surface area contributed by atoms with Crippen LogP contribution in [0.1, 0.15) is 40.6 Å². The summed E-state index contributed by atoms with van der Waals surface area (Å²) in [6, 6.07) is 0.482. The molecule has 5 rings (SSSR count). The zero-order chi connectivity index (χ0) is 12.1. The number of hydrogen-bond donors (Lipinski definition) is 1. The molecule has 1 aromatic rings. The van der Waals surface area contributed by atoms with Crippen LogP contribution in [0.15, 0.2) is 0 Å². The molecule has 18 heavy (non-hydrogen) atoms. The fourth-order valence-corrected chi connectivity index (χ4v) is 4.70. The highest BCUT2D eigenvalue weighted by molar-refractivity contribution is 7.11. The Labute approximate surface area is 111 Å². The number of fused-ring (bicyclic) bond motifs is 4. The van der Waals surface area contributed by atoms with E-state index in [0.29, 0.717) is 6.04 Å². The van der Waals surface area contributed by atoms with Crippen LogP contribution in [-0.2, 0) is 6.42 Å². The maximum absolute atomic E-state index is 10.0. The smallest absolute Gasteiger partial charge is 0.112 e. The maximum atomic E-state index is 10.0. The number of aliphatic hydroxyl groups is 1. The first-order chi connectivity index (χ1) is 8.81. The Morgan fingerprint density at radius 3 is 2.72 bits per heavy atom. The number of piperazine rings is 3. The summed E-state index contributed by atoms with van der Waals surface area (Å²) in [6.45, 7) is 5.91. The van der Waals surface area contributed by atoms with Gasteiger partial charge in [-0.2, -0.15) is 0 Å². The van der Waals surface area contributed by atoms with Crippen LogP contribution >= 0.6 is 11.3 Å². The molecule has 1 aromatic heterocycles. The summed E-state index contributed by atoms with van der Waals surface area (Å²) < 4.78 is 0. The molecule has 4 nitrogen and oxygen atoms in total. The first kappa shape index (κ1) is 11.3. The van der Waals surface area contributed by atoms with Crippen molar-refractivity contribution in [3.05, 3.63) is 15.6 Å². The maximum Gasteiger partial charge on any atom is 0.112 e. The van der Waals surface area contributed by atoms with E-state index in [1.165, 1.54) is 36.1 Å². The van der Waals surface area contributed by atoms with Crippen LogP contribution in [0.4, 0.5) is 0 Å². The van der Waals surface area contributed by atoms with Gasteiger partial charge in [-0.3, -0.25) is 9.80 Å². The number of hydrogen-bond acceptors (Lipinski definition) is 5. The fourth-order valence-electron chi connectivity index (χ4n) is 3.41. The molecule has 3 fully saturated rings. The predicted molar refractivity (Wildman–Crippen MR) is 70.8 cm³/mol. The lowest BCUT2D eigenvalue weighted by Gasteiger charge is -2.46. The van der Waals surface area contributed by atoms with Crippen molar-refractivity contribution in [3.63, 3.8) is 0 Å². The SMILES string of the molecule is OC1CCCc2sc(C3CN4CCN3CC4)nc21. The highest BCUT2D eigenvalue weighted by Gasteiger charge is 2.36. The minimum atomic E-state index is -0.310. The van der Waals surface area contributed by atoms with E-state index < -0.39 is 0 Å². The van der Waals surface area contributed by atoms with Crippen LogP contribution in [-0.4, -0.2) is 52.6 Å². The zero-order valence-electron chi connectivity index (χ0n) is 10.5. The van der Waals surface area contributed by atoms with Gasteiger partial charge in [-0.05, 0) is 19.3 Å². The van der Waals surface area contributed by atoms with Gasteiger partial charge in [0.1, 0.15) is 5.01 Å². The Morgan fingerprint density at radius 2 is 2.06 bits per heavy atom. The predicted octanol–water partition coefficient (Wildman–Crippen LogP) is 1.19. The lowest BCUT2D eigenvalue weighted by Crippen LogP contribution is -2.56. The normalized spacial score (nSPS) is 38.7. The van der Waals surface area contributed by atoms with Crippen molar-refractivity contribution in [3.8, 4) is 0 Å². The second-order valence-corrected chi connectivity index (χ2v) is 6.74. The summed E-state index contributed by atoms with van der Waals surface area (Å²) in [7, 11) is 0. The minimum absolute atomic E-state index is 0.310. The van der Waals surface area contributed by atoms with Gasteiger partial charge in [0.15, 0.2) is 0 Å². The third-order valence-electron chi connectivity index (χ3n) is 4.50. The van der Waals surface area contributed by atoms with E-state index in [1.807, 2.05) is 11.3 Å². The lowest BCUT2D eigenvalue weighted by atomic mass is 10.0. The van der Waals surface area contributed by atoms with Crippen molar-refractivity contribution >= 4 is 11.3 Å². The van der Waals surface area contributed by atoms with Gasteiger partial charge in [-0.25, -0.2) is 4.98 Å². The summed E-state index contributed by atoms with van der Waals surface area (Å²) in [4.78, 5) is 11.2. The Kier molecular flexibility index (Phi) is 2.69. The molecule has 5 heteroatoms. The molecule has 1 aliphatic carbocycles. The van der Waals surface area contributed by atoms with Crippen molar-refractivity contribution in [1.29, 1.82) is 0 Å². The van der Waals surface area contributed by atoms with E-state index in [1.54, 1.807) is 0 Å². The second kappa shape index (κ2) is 4.27. The Morgan fingerprint density at radius 1 is 1.22 bits per heavy atom. The van der Waals surface area contributed by atoms with Crippen molar-refractivity contribution in [2.24, 2.45) is 0 Å². The molecule has 2 atom stereocenters. The minimum Gasteiger partial charge on any atom is -0.387 e. The molecular formula is C13H19N3OS. The summed E-state index contributed by atoms with van der Waals surface area (Å²) >= 11 is 1.85. The first-order valence-corrected chi connectivity index (χ1v) is 7.77. The third-order valence-corrected chi connectivity index (χ3v) is 5.74. The van der Waals surface area contributed by atoms with E-state index in [2.05, 4.69) is 9.80 Å². The third kappa shape index (κ3) is 1.72. The Bertz CT molecular complexity index is 453. The standard InChI is InChI=1S/C13H19N3OS/c17-10-2-1-3-11-12(10)14-13(18-11)9-8-15-4-6-16(9)7-5-15/h9-10,17H,1-8H2. The summed E-state index contributed by atoms with van der Waals surface area (Å²) in [5.41, 5.74) is 0.985. The molecule has 0 saturated carbocycles. The first-order valence-electron chi connectivity index (χ1n) is 6.95. The number of aliphatic hydroxyl groups excluding tert-OH is 1. The molecule has 98 valence electrons. The average molecular weight is 265 g/mol. The summed E-state index contributed by atoms with van der Waals surface area (Å²) in [6.07, 6.45) is 2.79. The molecule has 4 aliphatic rings. The van der Waals surface area contributed by atoms with Crippen molar-refractivity contribution in [2.45, 2.75) is 31.4 Å². The van der Waals surface area contributed by atoms with Crippen LogP contribution < -0.4 is 0 Å². The summed E-state index contributed by atoms with van der Waals surface area (Å²) in [5.74, 6) is 0. The molecule has 0 radical (unpaired) electrons. The van der Waals surface area contributed by atoms with Gasteiger partial charge in [0.25, 0.3) is 0 Å². The zero-order valence-corrected chi connectivity index (χ0v) is 11.3.